The van der Waals surface area contributed by atoms with Crippen LogP contribution in [0.15, 0.2) is 54.1 Å². The number of carbonyl (C=O) groups excluding carboxylic acids is 2. The Labute approximate surface area is 232 Å². The number of carboxylic acid groups (broad SMARTS) is 1. The molecule has 1 amide bonds. The van der Waals surface area contributed by atoms with Crippen molar-refractivity contribution in [2.75, 3.05) is 11.5 Å². The van der Waals surface area contributed by atoms with Gasteiger partial charge in [-0.2, -0.15) is 0 Å². The highest BCUT2D eigenvalue weighted by atomic mass is 35.5. The van der Waals surface area contributed by atoms with Crippen molar-refractivity contribution in [3.63, 3.8) is 0 Å². The summed E-state index contributed by atoms with van der Waals surface area (Å²) in [6, 6.07) is 13.6. The minimum atomic E-state index is -1.03. The molecule has 38 heavy (non-hydrogen) atoms. The molecule has 2 heterocycles. The average Bonchev–Trinajstić information content (AvgIpc) is 3.81. The molecule has 2 saturated carbocycles. The van der Waals surface area contributed by atoms with E-state index in [0.29, 0.717) is 50.5 Å². The highest BCUT2D eigenvalue weighted by Gasteiger charge is 2.60. The Kier molecular flexibility index (Phi) is 6.01. The van der Waals surface area contributed by atoms with Gasteiger partial charge in [0, 0.05) is 11.5 Å². The summed E-state index contributed by atoms with van der Waals surface area (Å²) in [5.41, 5.74) is 8.31. The van der Waals surface area contributed by atoms with E-state index in [-0.39, 0.29) is 34.8 Å². The topological polar surface area (TPSA) is 110 Å². The van der Waals surface area contributed by atoms with E-state index in [0.717, 1.165) is 29.7 Å². The third kappa shape index (κ3) is 4.08. The van der Waals surface area contributed by atoms with Crippen molar-refractivity contribution in [1.82, 2.24) is 0 Å². The third-order valence-electron chi connectivity index (χ3n) is 7.30. The van der Waals surface area contributed by atoms with Gasteiger partial charge in [-0.1, -0.05) is 29.3 Å². The molecule has 6 rings (SSSR count). The third-order valence-corrected chi connectivity index (χ3v) is 8.98. The first-order chi connectivity index (χ1) is 18.2. The number of nitrogens with zero attached hydrogens (tertiary/aromatic N) is 1. The summed E-state index contributed by atoms with van der Waals surface area (Å²) in [6.07, 6.45) is 3.02. The lowest BCUT2D eigenvalue weighted by Gasteiger charge is -2.17. The van der Waals surface area contributed by atoms with Crippen molar-refractivity contribution in [2.45, 2.75) is 31.1 Å². The molecule has 10 heteroatoms. The summed E-state index contributed by atoms with van der Waals surface area (Å²) in [7, 11) is 0. The summed E-state index contributed by atoms with van der Waals surface area (Å²) in [5, 5.41) is 10.6. The van der Waals surface area contributed by atoms with Crippen LogP contribution in [0.4, 0.5) is 10.7 Å². The lowest BCUT2D eigenvalue weighted by Crippen LogP contribution is -2.27. The number of ether oxygens (including phenoxy) is 1. The van der Waals surface area contributed by atoms with Gasteiger partial charge in [0.05, 0.1) is 32.4 Å². The van der Waals surface area contributed by atoms with Crippen LogP contribution < -0.4 is 15.4 Å². The summed E-state index contributed by atoms with van der Waals surface area (Å²) in [5.74, 6) is -0.755. The van der Waals surface area contributed by atoms with Crippen LogP contribution in [0.5, 0.6) is 5.75 Å². The van der Waals surface area contributed by atoms with Gasteiger partial charge in [-0.25, -0.2) is 4.79 Å². The van der Waals surface area contributed by atoms with E-state index in [4.69, 9.17) is 33.7 Å². The Morgan fingerprint density at radius 3 is 2.42 bits per heavy atom. The summed E-state index contributed by atoms with van der Waals surface area (Å²) in [4.78, 5) is 39.7. The number of halogens is 2. The van der Waals surface area contributed by atoms with Crippen LogP contribution in [0.25, 0.3) is 5.70 Å². The maximum Gasteiger partial charge on any atom is 0.345 e. The minimum absolute atomic E-state index is 0.0643. The molecule has 1 aliphatic heterocycles. The molecule has 0 unspecified atom stereocenters. The first-order valence-corrected chi connectivity index (χ1v) is 13.7. The number of benzene rings is 2. The number of fused-ring (bicyclic) bond motifs is 2. The van der Waals surface area contributed by atoms with Crippen LogP contribution in [0.2, 0.25) is 10.0 Å². The van der Waals surface area contributed by atoms with E-state index in [1.54, 1.807) is 41.3 Å². The number of carbonyl (C=O) groups is 3. The molecule has 3 N–H and O–H groups in total. The molecule has 2 aromatic carbocycles. The van der Waals surface area contributed by atoms with Crippen molar-refractivity contribution in [1.29, 1.82) is 0 Å². The number of thiophene rings is 1. The fourth-order valence-corrected chi connectivity index (χ4v) is 6.41. The largest absolute Gasteiger partial charge is 0.489 e. The van der Waals surface area contributed by atoms with E-state index >= 15 is 0 Å². The number of anilines is 2. The Hall–Kier alpha value is -3.33. The van der Waals surface area contributed by atoms with Crippen molar-refractivity contribution >= 4 is 68.6 Å². The van der Waals surface area contributed by atoms with Gasteiger partial charge in [-0.05, 0) is 73.7 Å². The van der Waals surface area contributed by atoms with Crippen molar-refractivity contribution in [3.8, 4) is 5.75 Å². The molecule has 1 aromatic heterocycles. The number of nitrogens with two attached hydrogens (primary N) is 1. The van der Waals surface area contributed by atoms with Crippen LogP contribution in [-0.4, -0.2) is 29.4 Å². The number of carboxylic acids is 1. The molecule has 7 nitrogen and oxygen atoms in total. The lowest BCUT2D eigenvalue weighted by molar-refractivity contribution is -0.119. The normalized spacial score (nSPS) is 17.8. The number of hydrogen-bond acceptors (Lipinski definition) is 6. The Morgan fingerprint density at radius 1 is 1.11 bits per heavy atom. The maximum absolute atomic E-state index is 13.4. The smallest absolute Gasteiger partial charge is 0.345 e. The average molecular weight is 569 g/mol. The van der Waals surface area contributed by atoms with Crippen LogP contribution >= 0.6 is 34.5 Å². The zero-order valence-electron chi connectivity index (χ0n) is 20.0. The van der Waals surface area contributed by atoms with Gasteiger partial charge < -0.3 is 15.6 Å². The van der Waals surface area contributed by atoms with E-state index in [2.05, 4.69) is 0 Å². The van der Waals surface area contributed by atoms with Crippen molar-refractivity contribution in [2.24, 2.45) is 11.7 Å². The Bertz CT molecular complexity index is 1530. The Balaban J connectivity index is 1.32. The van der Waals surface area contributed by atoms with Gasteiger partial charge in [0.15, 0.2) is 5.78 Å². The zero-order valence-corrected chi connectivity index (χ0v) is 22.3. The monoisotopic (exact) mass is 568 g/mol. The summed E-state index contributed by atoms with van der Waals surface area (Å²) >= 11 is 13.8. The number of amides is 1. The van der Waals surface area contributed by atoms with Gasteiger partial charge in [-0.15, -0.1) is 11.3 Å². The van der Waals surface area contributed by atoms with Crippen LogP contribution in [0, 0.1) is 5.92 Å². The number of ketones is 1. The van der Waals surface area contributed by atoms with Crippen LogP contribution in [-0.2, 0) is 15.0 Å². The number of hydrogen-bond donors (Lipinski definition) is 2. The molecule has 0 bridgehead atoms. The molecule has 3 aromatic rings. The molecular formula is C28H22Cl2N2O5S. The predicted octanol–water partition coefficient (Wildman–Crippen LogP) is 6.19. The molecule has 0 radical (unpaired) electrons. The number of Topliss-reactive ketones (excluding diaryl/α,β-unsaturated/α-hetero) is 1. The fourth-order valence-electron chi connectivity index (χ4n) is 4.95. The molecule has 2 fully saturated rings. The molecule has 194 valence electrons. The second kappa shape index (κ2) is 9.15. The van der Waals surface area contributed by atoms with Gasteiger partial charge in [0.25, 0.3) is 0 Å². The quantitative estimate of drug-likeness (QED) is 0.313. The van der Waals surface area contributed by atoms with Crippen LogP contribution in [0.1, 0.15) is 46.5 Å². The molecular weight excluding hydrogens is 547 g/mol. The highest BCUT2D eigenvalue weighted by Crippen LogP contribution is 2.60. The Morgan fingerprint density at radius 2 is 1.82 bits per heavy atom. The van der Waals surface area contributed by atoms with Crippen LogP contribution in [0.3, 0.4) is 0 Å². The summed E-state index contributed by atoms with van der Waals surface area (Å²) < 4.78 is 6.10. The standard InChI is InChI=1S/C28H22Cl2N2O5S/c29-18-2-1-3-19(30)23(18)24(31)16(25(33)14-4-5-14)13-37-15-6-7-20-17(12-15)28(10-11-28)27(36)32(20)22-9-8-21(38-22)26(34)35/h1-3,6-9,12,14H,4-5,10-11,13,31H2,(H,34,35). The first kappa shape index (κ1) is 25.0. The molecule has 1 spiro atoms. The molecule has 0 saturated heterocycles. The second-order valence-corrected chi connectivity index (χ2v) is 11.6. The fraction of sp³-hybridized carbons (Fsp3) is 0.250. The van der Waals surface area contributed by atoms with Gasteiger partial charge in [0.2, 0.25) is 5.91 Å². The second-order valence-electron chi connectivity index (χ2n) is 9.76. The van der Waals surface area contributed by atoms with Crippen molar-refractivity contribution < 1.29 is 24.2 Å². The van der Waals surface area contributed by atoms with E-state index in [9.17, 15) is 19.5 Å². The lowest BCUT2D eigenvalue weighted by atomic mass is 9.97. The first-order valence-electron chi connectivity index (χ1n) is 12.1. The molecule has 3 aliphatic rings. The van der Waals surface area contributed by atoms with Crippen molar-refractivity contribution in [3.05, 3.63) is 80.2 Å². The maximum atomic E-state index is 13.4. The van der Waals surface area contributed by atoms with Gasteiger partial charge >= 0.3 is 5.97 Å². The van der Waals surface area contributed by atoms with E-state index in [1.165, 1.54) is 6.07 Å². The summed E-state index contributed by atoms with van der Waals surface area (Å²) in [6.45, 7) is -0.0704. The van der Waals surface area contributed by atoms with E-state index in [1.807, 2.05) is 6.07 Å². The predicted molar refractivity (Wildman–Crippen MR) is 147 cm³/mol. The van der Waals surface area contributed by atoms with Gasteiger partial charge in [-0.3, -0.25) is 14.5 Å². The molecule has 2 aliphatic carbocycles. The highest BCUT2D eigenvalue weighted by molar-refractivity contribution is 7.18. The SMILES string of the molecule is NC(=C(COc1ccc2c(c1)C1(CC1)C(=O)N2c1ccc(C(=O)O)s1)C(=O)C1CC1)c1c(Cl)cccc1Cl. The molecule has 0 atom stereocenters. The zero-order chi connectivity index (χ0) is 26.8. The number of rotatable bonds is 8. The van der Waals surface area contributed by atoms with Gasteiger partial charge in [0.1, 0.15) is 22.2 Å². The number of aromatic carboxylic acids is 1. The van der Waals surface area contributed by atoms with E-state index < -0.39 is 11.4 Å². The minimum Gasteiger partial charge on any atom is -0.489 e.